The standard InChI is InChI=1S/C42H58N4O7S/c1-30-7-14-36(15-8-30)54(48,49)46-28-40(53-29-31-9-16-39-38(25-31)45(22-24-52-39)21-6-23-50-4)37(32-10-12-35(51-5)13-11-32)26-34(46)27-42(2,3)41(47)44-33-17-19-43-20-18-33/h7-16,25,33-34,37,40,43H,6,17-24,26-29H2,1-5H3,(H,44,47)/t34-,37+,40-/m0/s1. The molecule has 2 fully saturated rings. The van der Waals surface area contributed by atoms with Crippen LogP contribution in [0.15, 0.2) is 71.6 Å². The van der Waals surface area contributed by atoms with Crippen molar-refractivity contribution >= 4 is 21.6 Å². The van der Waals surface area contributed by atoms with Gasteiger partial charge in [-0.15, -0.1) is 0 Å². The van der Waals surface area contributed by atoms with Gasteiger partial charge in [-0.3, -0.25) is 4.79 Å². The number of piperidine rings is 2. The van der Waals surface area contributed by atoms with Crippen molar-refractivity contribution in [2.45, 2.75) is 88.5 Å². The average molecular weight is 763 g/mol. The smallest absolute Gasteiger partial charge is 0.243 e. The molecule has 0 unspecified atom stereocenters. The predicted octanol–water partition coefficient (Wildman–Crippen LogP) is 5.66. The summed E-state index contributed by atoms with van der Waals surface area (Å²) in [6.45, 7) is 11.0. The monoisotopic (exact) mass is 762 g/mol. The molecule has 294 valence electrons. The van der Waals surface area contributed by atoms with Crippen LogP contribution < -0.4 is 25.0 Å². The Labute approximate surface area is 321 Å². The highest BCUT2D eigenvalue weighted by Crippen LogP contribution is 2.42. The summed E-state index contributed by atoms with van der Waals surface area (Å²) >= 11 is 0. The number of amides is 1. The molecule has 0 bridgehead atoms. The van der Waals surface area contributed by atoms with E-state index in [-0.39, 0.29) is 29.3 Å². The number of anilines is 1. The summed E-state index contributed by atoms with van der Waals surface area (Å²) in [7, 11) is -0.594. The third-order valence-corrected chi connectivity index (χ3v) is 13.1. The van der Waals surface area contributed by atoms with Gasteiger partial charge in [-0.05, 0) is 99.6 Å². The van der Waals surface area contributed by atoms with E-state index in [0.717, 1.165) is 79.3 Å². The molecule has 3 heterocycles. The minimum atomic E-state index is -3.96. The largest absolute Gasteiger partial charge is 0.497 e. The molecule has 0 spiro atoms. The van der Waals surface area contributed by atoms with Gasteiger partial charge in [0.15, 0.2) is 0 Å². The Kier molecular flexibility index (Phi) is 13.2. The van der Waals surface area contributed by atoms with Crippen molar-refractivity contribution < 1.29 is 32.2 Å². The molecule has 0 saturated carbocycles. The van der Waals surface area contributed by atoms with Crippen LogP contribution in [0.2, 0.25) is 0 Å². The van der Waals surface area contributed by atoms with Crippen molar-refractivity contribution in [1.29, 1.82) is 0 Å². The number of nitrogens with zero attached hydrogens (tertiary/aromatic N) is 2. The SMILES string of the molecule is COCCCN1CCOc2ccc(CO[C@H]3CN(S(=O)(=O)c4ccc(C)cc4)[C@H](CC(C)(C)C(=O)NC4CCNCC4)C[C@@H]3c3ccc(OC)cc3)cc21. The molecule has 3 aromatic rings. The molecular formula is C42H58N4O7S. The lowest BCUT2D eigenvalue weighted by molar-refractivity contribution is -0.131. The molecule has 11 nitrogen and oxygen atoms in total. The van der Waals surface area contributed by atoms with Gasteiger partial charge in [-0.1, -0.05) is 49.7 Å². The van der Waals surface area contributed by atoms with Crippen LogP contribution in [0.1, 0.15) is 68.6 Å². The second kappa shape index (κ2) is 17.8. The Morgan fingerprint density at radius 3 is 2.46 bits per heavy atom. The molecule has 3 aromatic carbocycles. The van der Waals surface area contributed by atoms with Gasteiger partial charge in [0.05, 0.1) is 36.9 Å². The summed E-state index contributed by atoms with van der Waals surface area (Å²) in [5, 5.41) is 6.63. The van der Waals surface area contributed by atoms with Crippen LogP contribution in [0, 0.1) is 12.3 Å². The lowest BCUT2D eigenvalue weighted by Gasteiger charge is -2.45. The van der Waals surface area contributed by atoms with Gasteiger partial charge in [0.25, 0.3) is 0 Å². The number of fused-ring (bicyclic) bond motifs is 1. The zero-order valence-corrected chi connectivity index (χ0v) is 33.3. The van der Waals surface area contributed by atoms with E-state index in [4.69, 9.17) is 18.9 Å². The highest BCUT2D eigenvalue weighted by Gasteiger charge is 2.46. The van der Waals surface area contributed by atoms with Crippen LogP contribution in [-0.2, 0) is 30.9 Å². The minimum Gasteiger partial charge on any atom is -0.497 e. The number of rotatable bonds is 15. The van der Waals surface area contributed by atoms with Crippen LogP contribution in [0.4, 0.5) is 5.69 Å². The second-order valence-electron chi connectivity index (χ2n) is 15.6. The molecule has 0 radical (unpaired) electrons. The van der Waals surface area contributed by atoms with Crippen LogP contribution in [0.25, 0.3) is 0 Å². The Bertz CT molecular complexity index is 1800. The summed E-state index contributed by atoms with van der Waals surface area (Å²) < 4.78 is 54.5. The van der Waals surface area contributed by atoms with Crippen molar-refractivity contribution in [3.63, 3.8) is 0 Å². The number of ether oxygens (including phenoxy) is 4. The molecule has 6 rings (SSSR count). The van der Waals surface area contributed by atoms with Crippen molar-refractivity contribution in [3.05, 3.63) is 83.4 Å². The maximum absolute atomic E-state index is 14.7. The van der Waals surface area contributed by atoms with Gasteiger partial charge >= 0.3 is 0 Å². The van der Waals surface area contributed by atoms with Crippen molar-refractivity contribution in [3.8, 4) is 11.5 Å². The molecule has 3 atom stereocenters. The number of benzene rings is 3. The highest BCUT2D eigenvalue weighted by molar-refractivity contribution is 7.89. The fourth-order valence-corrected chi connectivity index (χ4v) is 9.63. The van der Waals surface area contributed by atoms with E-state index in [9.17, 15) is 13.2 Å². The molecular weight excluding hydrogens is 705 g/mol. The number of hydrogen-bond acceptors (Lipinski definition) is 9. The number of nitrogens with one attached hydrogen (secondary N) is 2. The summed E-state index contributed by atoms with van der Waals surface area (Å²) in [6.07, 6.45) is 3.04. The lowest BCUT2D eigenvalue weighted by atomic mass is 9.77. The summed E-state index contributed by atoms with van der Waals surface area (Å²) in [5.41, 5.74) is 3.21. The third-order valence-electron chi connectivity index (χ3n) is 11.2. The van der Waals surface area contributed by atoms with Gasteiger partial charge in [0, 0.05) is 50.2 Å². The number of aryl methyl sites for hydroxylation is 1. The maximum Gasteiger partial charge on any atom is 0.243 e. The molecule has 3 aliphatic heterocycles. The number of methoxy groups -OCH3 is 2. The van der Waals surface area contributed by atoms with Crippen molar-refractivity contribution in [2.75, 3.05) is 65.1 Å². The number of carbonyl (C=O) groups excluding carboxylic acids is 1. The first-order chi connectivity index (χ1) is 26.0. The summed E-state index contributed by atoms with van der Waals surface area (Å²) in [6, 6.07) is 20.8. The Morgan fingerprint density at radius 2 is 1.76 bits per heavy atom. The first kappa shape index (κ1) is 40.0. The summed E-state index contributed by atoms with van der Waals surface area (Å²) in [4.78, 5) is 16.4. The molecule has 54 heavy (non-hydrogen) atoms. The lowest BCUT2D eigenvalue weighted by Crippen LogP contribution is -2.55. The van der Waals surface area contributed by atoms with Gasteiger partial charge in [-0.25, -0.2) is 8.42 Å². The normalized spacial score (nSPS) is 21.3. The fraction of sp³-hybridized carbons (Fsp3) is 0.548. The molecule has 2 N–H and O–H groups in total. The van der Waals surface area contributed by atoms with Crippen molar-refractivity contribution in [2.24, 2.45) is 5.41 Å². The molecule has 0 aromatic heterocycles. The van der Waals surface area contributed by atoms with E-state index < -0.39 is 27.6 Å². The van der Waals surface area contributed by atoms with E-state index in [1.165, 1.54) is 0 Å². The first-order valence-corrected chi connectivity index (χ1v) is 20.8. The van der Waals surface area contributed by atoms with Crippen LogP contribution in [0.3, 0.4) is 0 Å². The van der Waals surface area contributed by atoms with Gasteiger partial charge in [0.1, 0.15) is 18.1 Å². The topological polar surface area (TPSA) is 119 Å². The van der Waals surface area contributed by atoms with Crippen LogP contribution in [0.5, 0.6) is 11.5 Å². The van der Waals surface area contributed by atoms with Gasteiger partial charge in [0.2, 0.25) is 15.9 Å². The van der Waals surface area contributed by atoms with E-state index in [1.54, 1.807) is 30.7 Å². The number of hydrogen-bond donors (Lipinski definition) is 2. The Morgan fingerprint density at radius 1 is 1.02 bits per heavy atom. The van der Waals surface area contributed by atoms with E-state index in [1.807, 2.05) is 69.3 Å². The van der Waals surface area contributed by atoms with Crippen molar-refractivity contribution in [1.82, 2.24) is 14.9 Å². The zero-order chi connectivity index (χ0) is 38.3. The van der Waals surface area contributed by atoms with Crippen LogP contribution >= 0.6 is 0 Å². The van der Waals surface area contributed by atoms with Gasteiger partial charge < -0.3 is 34.5 Å². The first-order valence-electron chi connectivity index (χ1n) is 19.3. The second-order valence-corrected chi connectivity index (χ2v) is 17.5. The number of carbonyl (C=O) groups is 1. The maximum atomic E-state index is 14.7. The zero-order valence-electron chi connectivity index (χ0n) is 32.5. The fourth-order valence-electron chi connectivity index (χ4n) is 7.98. The average Bonchev–Trinajstić information content (AvgIpc) is 3.17. The van der Waals surface area contributed by atoms with E-state index in [0.29, 0.717) is 32.7 Å². The predicted molar refractivity (Wildman–Crippen MR) is 211 cm³/mol. The van der Waals surface area contributed by atoms with E-state index >= 15 is 0 Å². The number of sulfonamides is 1. The quantitative estimate of drug-likeness (QED) is 0.189. The Balaban J connectivity index is 1.31. The minimum absolute atomic E-state index is 0.0471. The highest BCUT2D eigenvalue weighted by atomic mass is 32.2. The molecule has 0 aliphatic carbocycles. The summed E-state index contributed by atoms with van der Waals surface area (Å²) in [5.74, 6) is 1.41. The van der Waals surface area contributed by atoms with Gasteiger partial charge in [-0.2, -0.15) is 4.31 Å². The Hall–Kier alpha value is -3.68. The molecule has 12 heteroatoms. The molecule has 1 amide bonds. The molecule has 2 saturated heterocycles. The van der Waals surface area contributed by atoms with E-state index in [2.05, 4.69) is 21.6 Å². The van der Waals surface area contributed by atoms with Crippen LogP contribution in [-0.4, -0.2) is 97.0 Å². The third kappa shape index (κ3) is 9.57. The molecule has 3 aliphatic rings.